The van der Waals surface area contributed by atoms with E-state index in [0.29, 0.717) is 11.4 Å². The molecule has 0 N–H and O–H groups in total. The van der Waals surface area contributed by atoms with E-state index in [1.807, 2.05) is 30.3 Å². The number of benzene rings is 3. The highest BCUT2D eigenvalue weighted by Crippen LogP contribution is 2.37. The molecular weight excluding hydrogens is 445 g/mol. The van der Waals surface area contributed by atoms with E-state index >= 15 is 0 Å². The van der Waals surface area contributed by atoms with Crippen molar-refractivity contribution in [3.63, 3.8) is 0 Å². The molecule has 3 aromatic rings. The van der Waals surface area contributed by atoms with Gasteiger partial charge in [-0.3, -0.25) is 4.79 Å². The lowest BCUT2D eigenvalue weighted by Crippen LogP contribution is -2.39. The Bertz CT molecular complexity index is 1190. The van der Waals surface area contributed by atoms with Crippen molar-refractivity contribution in [2.45, 2.75) is 11.5 Å². The number of para-hydroxylation sites is 1. The molecule has 0 fully saturated rings. The van der Waals surface area contributed by atoms with E-state index in [1.165, 1.54) is 23.1 Å². The second-order valence-corrected chi connectivity index (χ2v) is 9.68. The fourth-order valence-corrected chi connectivity index (χ4v) is 5.32. The number of carbonyl (C=O) groups excluding carboxylic acids is 1. The summed E-state index contributed by atoms with van der Waals surface area (Å²) in [6.45, 7) is 0.338. The summed E-state index contributed by atoms with van der Waals surface area (Å²) in [7, 11) is -3.41. The molecule has 1 aliphatic heterocycles. The monoisotopic (exact) mass is 461 g/mol. The van der Waals surface area contributed by atoms with Crippen molar-refractivity contribution in [2.75, 3.05) is 17.2 Å². The highest BCUT2D eigenvalue weighted by Gasteiger charge is 2.32. The number of halogens is 2. The second kappa shape index (κ2) is 8.30. The van der Waals surface area contributed by atoms with E-state index in [4.69, 9.17) is 27.9 Å². The molecule has 0 atom stereocenters. The van der Waals surface area contributed by atoms with Crippen molar-refractivity contribution in [2.24, 2.45) is 0 Å². The Morgan fingerprint density at radius 2 is 1.60 bits per heavy atom. The molecule has 5 nitrogen and oxygen atoms in total. The Kier molecular flexibility index (Phi) is 5.73. The van der Waals surface area contributed by atoms with Gasteiger partial charge in [-0.2, -0.15) is 0 Å². The Labute approximate surface area is 184 Å². The Hall–Kier alpha value is -2.54. The van der Waals surface area contributed by atoms with Gasteiger partial charge in [-0.1, -0.05) is 65.7 Å². The summed E-state index contributed by atoms with van der Waals surface area (Å²) in [5.41, 5.74) is 1.56. The SMILES string of the molecule is O=C(c1cc(Cl)c(OCc2ccccc2)c(Cl)c1)N1CCS(=O)(=O)c2ccccc21. The standard InChI is InChI=1S/C22H17Cl2NO4S/c23-17-12-16(13-18(24)21(17)29-14-15-6-2-1-3-7-15)22(26)25-10-11-30(27,28)20-9-5-4-8-19(20)25/h1-9,12-13H,10-11,14H2. The molecule has 1 heterocycles. The maximum atomic E-state index is 13.1. The molecule has 0 saturated carbocycles. The summed E-state index contributed by atoms with van der Waals surface area (Å²) in [6.07, 6.45) is 0. The lowest BCUT2D eigenvalue weighted by Gasteiger charge is -2.29. The van der Waals surface area contributed by atoms with Crippen LogP contribution in [0.5, 0.6) is 5.75 Å². The predicted octanol–water partition coefficient (Wildman–Crippen LogP) is 5.01. The number of rotatable bonds is 4. The van der Waals surface area contributed by atoms with Gasteiger partial charge in [0.05, 0.1) is 26.4 Å². The molecule has 0 spiro atoms. The number of carbonyl (C=O) groups is 1. The van der Waals surface area contributed by atoms with Crippen molar-refractivity contribution < 1.29 is 17.9 Å². The number of ether oxygens (including phenoxy) is 1. The molecule has 1 aliphatic rings. The quantitative estimate of drug-likeness (QED) is 0.547. The van der Waals surface area contributed by atoms with Gasteiger partial charge in [-0.25, -0.2) is 8.42 Å². The van der Waals surface area contributed by atoms with Crippen LogP contribution in [0.3, 0.4) is 0 Å². The van der Waals surface area contributed by atoms with Crippen LogP contribution >= 0.6 is 23.2 Å². The molecule has 0 bridgehead atoms. The van der Waals surface area contributed by atoms with Crippen LogP contribution in [0.2, 0.25) is 10.0 Å². The van der Waals surface area contributed by atoms with Crippen LogP contribution in [0.25, 0.3) is 0 Å². The first-order valence-corrected chi connectivity index (χ1v) is 11.6. The van der Waals surface area contributed by atoms with Gasteiger partial charge in [-0.15, -0.1) is 0 Å². The molecule has 0 unspecified atom stereocenters. The van der Waals surface area contributed by atoms with Crippen LogP contribution in [-0.4, -0.2) is 26.6 Å². The molecule has 0 aromatic heterocycles. The van der Waals surface area contributed by atoms with Gasteiger partial charge in [0.2, 0.25) is 0 Å². The fourth-order valence-electron chi connectivity index (χ4n) is 3.30. The third-order valence-corrected chi connectivity index (χ3v) is 7.09. The average molecular weight is 462 g/mol. The molecule has 0 aliphatic carbocycles. The van der Waals surface area contributed by atoms with E-state index in [0.717, 1.165) is 5.56 Å². The zero-order valence-electron chi connectivity index (χ0n) is 15.7. The number of hydrogen-bond acceptors (Lipinski definition) is 4. The van der Waals surface area contributed by atoms with Crippen molar-refractivity contribution in [3.05, 3.63) is 87.9 Å². The minimum absolute atomic E-state index is 0.0552. The number of fused-ring (bicyclic) bond motifs is 1. The van der Waals surface area contributed by atoms with E-state index in [9.17, 15) is 13.2 Å². The molecule has 3 aromatic carbocycles. The lowest BCUT2D eigenvalue weighted by atomic mass is 10.1. The largest absolute Gasteiger partial charge is 0.486 e. The molecule has 154 valence electrons. The Balaban J connectivity index is 1.61. The second-order valence-electron chi connectivity index (χ2n) is 6.79. The average Bonchev–Trinajstić information content (AvgIpc) is 2.73. The highest BCUT2D eigenvalue weighted by atomic mass is 35.5. The number of amides is 1. The van der Waals surface area contributed by atoms with Gasteiger partial charge in [-0.05, 0) is 29.8 Å². The minimum atomic E-state index is -3.41. The van der Waals surface area contributed by atoms with E-state index in [-0.39, 0.29) is 45.3 Å². The summed E-state index contributed by atoms with van der Waals surface area (Å²) < 4.78 is 30.4. The summed E-state index contributed by atoms with van der Waals surface area (Å²) in [5.74, 6) is -0.230. The topological polar surface area (TPSA) is 63.7 Å². The molecule has 0 saturated heterocycles. The van der Waals surface area contributed by atoms with Gasteiger partial charge in [0.25, 0.3) is 5.91 Å². The van der Waals surface area contributed by atoms with Crippen molar-refractivity contribution in [1.29, 1.82) is 0 Å². The van der Waals surface area contributed by atoms with Crippen LogP contribution in [0.4, 0.5) is 5.69 Å². The van der Waals surface area contributed by atoms with Crippen molar-refractivity contribution in [1.82, 2.24) is 0 Å². The number of hydrogen-bond donors (Lipinski definition) is 0. The highest BCUT2D eigenvalue weighted by molar-refractivity contribution is 7.91. The van der Waals surface area contributed by atoms with Crippen molar-refractivity contribution >= 4 is 44.6 Å². The Morgan fingerprint density at radius 3 is 2.30 bits per heavy atom. The third kappa shape index (κ3) is 4.03. The maximum Gasteiger partial charge on any atom is 0.258 e. The molecule has 30 heavy (non-hydrogen) atoms. The normalized spacial score (nSPS) is 14.8. The lowest BCUT2D eigenvalue weighted by molar-refractivity contribution is 0.0987. The van der Waals surface area contributed by atoms with Crippen LogP contribution in [0, 0.1) is 0 Å². The first-order chi connectivity index (χ1) is 14.4. The number of anilines is 1. The smallest absolute Gasteiger partial charge is 0.258 e. The Morgan fingerprint density at radius 1 is 0.967 bits per heavy atom. The summed E-state index contributed by atoms with van der Waals surface area (Å²) in [5, 5.41) is 0.416. The van der Waals surface area contributed by atoms with E-state index in [1.54, 1.807) is 18.2 Å². The summed E-state index contributed by atoms with van der Waals surface area (Å²) in [6, 6.07) is 19.0. The van der Waals surface area contributed by atoms with Crippen LogP contribution in [0.1, 0.15) is 15.9 Å². The maximum absolute atomic E-state index is 13.1. The zero-order chi connectivity index (χ0) is 21.3. The molecular formula is C22H17Cl2NO4S. The minimum Gasteiger partial charge on any atom is -0.486 e. The van der Waals surface area contributed by atoms with Crippen LogP contribution in [-0.2, 0) is 16.4 Å². The number of sulfone groups is 1. The molecule has 8 heteroatoms. The number of nitrogens with zero attached hydrogens (tertiary/aromatic N) is 1. The third-order valence-electron chi connectivity index (χ3n) is 4.79. The fraction of sp³-hybridized carbons (Fsp3) is 0.136. The van der Waals surface area contributed by atoms with Crippen LogP contribution < -0.4 is 9.64 Å². The summed E-state index contributed by atoms with van der Waals surface area (Å²) in [4.78, 5) is 14.7. The van der Waals surface area contributed by atoms with Gasteiger partial charge < -0.3 is 9.64 Å². The summed E-state index contributed by atoms with van der Waals surface area (Å²) >= 11 is 12.7. The van der Waals surface area contributed by atoms with Gasteiger partial charge in [0.1, 0.15) is 6.61 Å². The van der Waals surface area contributed by atoms with Gasteiger partial charge in [0, 0.05) is 12.1 Å². The predicted molar refractivity (Wildman–Crippen MR) is 117 cm³/mol. The zero-order valence-corrected chi connectivity index (χ0v) is 18.0. The van der Waals surface area contributed by atoms with E-state index < -0.39 is 9.84 Å². The van der Waals surface area contributed by atoms with Crippen LogP contribution in [0.15, 0.2) is 71.6 Å². The first kappa shape index (κ1) is 20.7. The van der Waals surface area contributed by atoms with Gasteiger partial charge >= 0.3 is 0 Å². The molecule has 1 amide bonds. The van der Waals surface area contributed by atoms with Crippen molar-refractivity contribution in [3.8, 4) is 5.75 Å². The van der Waals surface area contributed by atoms with Gasteiger partial charge in [0.15, 0.2) is 15.6 Å². The molecule has 4 rings (SSSR count). The molecule has 0 radical (unpaired) electrons. The first-order valence-electron chi connectivity index (χ1n) is 9.16. The van der Waals surface area contributed by atoms with E-state index in [2.05, 4.69) is 0 Å².